The molecule has 7 heteroatoms. The normalized spacial score (nSPS) is 10.6. The first-order valence-corrected chi connectivity index (χ1v) is 10.8. The van der Waals surface area contributed by atoms with Gasteiger partial charge in [-0.1, -0.05) is 32.0 Å². The van der Waals surface area contributed by atoms with Gasteiger partial charge >= 0.3 is 0 Å². The largest absolute Gasteiger partial charge is 0.493 e. The van der Waals surface area contributed by atoms with Gasteiger partial charge in [-0.05, 0) is 52.8 Å². The molecule has 2 amide bonds. The Balaban J connectivity index is 1.65. The van der Waals surface area contributed by atoms with E-state index in [0.717, 1.165) is 5.56 Å². The van der Waals surface area contributed by atoms with Gasteiger partial charge in [0.05, 0.1) is 19.8 Å². The van der Waals surface area contributed by atoms with Crippen LogP contribution in [0.2, 0.25) is 0 Å². The van der Waals surface area contributed by atoms with Gasteiger partial charge in [0.1, 0.15) is 5.00 Å². The highest BCUT2D eigenvalue weighted by atomic mass is 32.1. The highest BCUT2D eigenvalue weighted by Gasteiger charge is 2.16. The van der Waals surface area contributed by atoms with Crippen LogP contribution in [0.5, 0.6) is 11.5 Å². The van der Waals surface area contributed by atoms with Crippen LogP contribution in [0, 0.1) is 0 Å². The Morgan fingerprint density at radius 2 is 1.65 bits per heavy atom. The van der Waals surface area contributed by atoms with Crippen LogP contribution in [-0.4, -0.2) is 26.0 Å². The number of methoxy groups -OCH3 is 2. The number of ether oxygens (including phenoxy) is 2. The van der Waals surface area contributed by atoms with Crippen molar-refractivity contribution < 1.29 is 19.1 Å². The molecule has 6 nitrogen and oxygen atoms in total. The zero-order valence-electron chi connectivity index (χ0n) is 18.0. The minimum Gasteiger partial charge on any atom is -0.493 e. The molecule has 31 heavy (non-hydrogen) atoms. The van der Waals surface area contributed by atoms with Crippen molar-refractivity contribution >= 4 is 28.2 Å². The Labute approximate surface area is 186 Å². The van der Waals surface area contributed by atoms with E-state index in [4.69, 9.17) is 9.47 Å². The van der Waals surface area contributed by atoms with Crippen molar-refractivity contribution in [3.05, 3.63) is 76.2 Å². The molecular weight excluding hydrogens is 412 g/mol. The summed E-state index contributed by atoms with van der Waals surface area (Å²) in [7, 11) is 3.14. The number of carbonyl (C=O) groups excluding carboxylic acids is 2. The topological polar surface area (TPSA) is 76.7 Å². The summed E-state index contributed by atoms with van der Waals surface area (Å²) in [5.41, 5.74) is 3.02. The molecule has 2 aromatic carbocycles. The fraction of sp³-hybridized carbons (Fsp3) is 0.250. The first-order chi connectivity index (χ1) is 14.9. The monoisotopic (exact) mass is 438 g/mol. The standard InChI is InChI=1S/C24H26N2O4S/c1-15(2)17-6-8-18(9-7-17)22(27)26-24-19(11-12-31-24)23(28)25-14-16-5-10-20(29-3)21(13-16)30-4/h5-13,15H,14H2,1-4H3,(H,25,28)(H,26,27). The number of benzene rings is 2. The lowest BCUT2D eigenvalue weighted by Crippen LogP contribution is -2.24. The number of thiophene rings is 1. The highest BCUT2D eigenvalue weighted by Crippen LogP contribution is 2.28. The minimum absolute atomic E-state index is 0.244. The Hall–Kier alpha value is -3.32. The van der Waals surface area contributed by atoms with Gasteiger partial charge in [0.2, 0.25) is 0 Å². The molecule has 0 atom stereocenters. The van der Waals surface area contributed by atoms with Crippen molar-refractivity contribution in [2.24, 2.45) is 0 Å². The van der Waals surface area contributed by atoms with Gasteiger partial charge in [0.25, 0.3) is 11.8 Å². The van der Waals surface area contributed by atoms with E-state index in [-0.39, 0.29) is 11.8 Å². The van der Waals surface area contributed by atoms with E-state index >= 15 is 0 Å². The van der Waals surface area contributed by atoms with Gasteiger partial charge in [0.15, 0.2) is 11.5 Å². The summed E-state index contributed by atoms with van der Waals surface area (Å²) >= 11 is 1.31. The smallest absolute Gasteiger partial charge is 0.256 e. The summed E-state index contributed by atoms with van der Waals surface area (Å²) in [5.74, 6) is 1.12. The summed E-state index contributed by atoms with van der Waals surface area (Å²) in [6.07, 6.45) is 0. The second-order valence-corrected chi connectivity index (χ2v) is 8.18. The molecule has 162 valence electrons. The molecule has 0 aliphatic heterocycles. The van der Waals surface area contributed by atoms with Crippen LogP contribution >= 0.6 is 11.3 Å². The van der Waals surface area contributed by atoms with Crippen LogP contribution < -0.4 is 20.1 Å². The fourth-order valence-electron chi connectivity index (χ4n) is 3.05. The summed E-state index contributed by atoms with van der Waals surface area (Å²) in [5, 5.41) is 8.03. The number of rotatable bonds is 8. The zero-order chi connectivity index (χ0) is 22.4. The molecule has 3 rings (SSSR count). The molecule has 0 saturated carbocycles. The van der Waals surface area contributed by atoms with Crippen molar-refractivity contribution in [1.82, 2.24) is 5.32 Å². The van der Waals surface area contributed by atoms with Crippen molar-refractivity contribution in [2.75, 3.05) is 19.5 Å². The molecule has 1 heterocycles. The van der Waals surface area contributed by atoms with Crippen LogP contribution in [0.25, 0.3) is 0 Å². The van der Waals surface area contributed by atoms with Gasteiger partial charge < -0.3 is 20.1 Å². The lowest BCUT2D eigenvalue weighted by atomic mass is 10.0. The third kappa shape index (κ3) is 5.44. The lowest BCUT2D eigenvalue weighted by molar-refractivity contribution is 0.0952. The third-order valence-corrected chi connectivity index (χ3v) is 5.71. The summed E-state index contributed by atoms with van der Waals surface area (Å²) in [4.78, 5) is 25.3. The average molecular weight is 439 g/mol. The molecule has 3 aromatic rings. The molecule has 0 spiro atoms. The second-order valence-electron chi connectivity index (χ2n) is 7.27. The first-order valence-electron chi connectivity index (χ1n) is 9.90. The molecule has 0 radical (unpaired) electrons. The van der Waals surface area contributed by atoms with Crippen molar-refractivity contribution in [2.45, 2.75) is 26.3 Å². The summed E-state index contributed by atoms with van der Waals surface area (Å²) in [6.45, 7) is 4.53. The maximum atomic E-state index is 12.7. The van der Waals surface area contributed by atoms with Crippen molar-refractivity contribution in [3.63, 3.8) is 0 Å². The number of hydrogen-bond donors (Lipinski definition) is 2. The van der Waals surface area contributed by atoms with E-state index < -0.39 is 0 Å². The predicted molar refractivity (Wildman–Crippen MR) is 124 cm³/mol. The number of amides is 2. The van der Waals surface area contributed by atoms with E-state index in [1.54, 1.807) is 43.9 Å². The average Bonchev–Trinajstić information content (AvgIpc) is 3.25. The molecule has 0 fully saturated rings. The lowest BCUT2D eigenvalue weighted by Gasteiger charge is -2.11. The van der Waals surface area contributed by atoms with Crippen LogP contribution in [0.4, 0.5) is 5.00 Å². The second kappa shape index (κ2) is 10.1. The number of anilines is 1. The van der Waals surface area contributed by atoms with Crippen LogP contribution in [0.15, 0.2) is 53.9 Å². The van der Waals surface area contributed by atoms with Crippen molar-refractivity contribution in [3.8, 4) is 11.5 Å². The first kappa shape index (κ1) is 22.4. The number of hydrogen-bond acceptors (Lipinski definition) is 5. The molecule has 0 bridgehead atoms. The molecule has 0 unspecified atom stereocenters. The molecule has 0 aliphatic carbocycles. The van der Waals surface area contributed by atoms with E-state index in [1.807, 2.05) is 24.3 Å². The maximum absolute atomic E-state index is 12.7. The fourth-order valence-corrected chi connectivity index (χ4v) is 3.83. The quantitative estimate of drug-likeness (QED) is 0.515. The SMILES string of the molecule is COc1ccc(CNC(=O)c2ccsc2NC(=O)c2ccc(C(C)C)cc2)cc1OC. The third-order valence-electron chi connectivity index (χ3n) is 4.88. The minimum atomic E-state index is -0.263. The highest BCUT2D eigenvalue weighted by molar-refractivity contribution is 7.14. The Kier molecular flexibility index (Phi) is 7.31. The van der Waals surface area contributed by atoms with E-state index in [1.165, 1.54) is 16.9 Å². The van der Waals surface area contributed by atoms with Crippen LogP contribution in [0.3, 0.4) is 0 Å². The Morgan fingerprint density at radius 1 is 0.935 bits per heavy atom. The van der Waals surface area contributed by atoms with Crippen LogP contribution in [0.1, 0.15) is 51.6 Å². The van der Waals surface area contributed by atoms with Crippen molar-refractivity contribution in [1.29, 1.82) is 0 Å². The summed E-state index contributed by atoms with van der Waals surface area (Å²) in [6, 6.07) is 14.7. The van der Waals surface area contributed by atoms with E-state index in [2.05, 4.69) is 24.5 Å². The number of nitrogens with one attached hydrogen (secondary N) is 2. The van der Waals surface area contributed by atoms with Gasteiger partial charge in [-0.2, -0.15) is 0 Å². The molecule has 2 N–H and O–H groups in total. The Morgan fingerprint density at radius 3 is 2.29 bits per heavy atom. The van der Waals surface area contributed by atoms with Gasteiger partial charge in [-0.25, -0.2) is 0 Å². The van der Waals surface area contributed by atoms with E-state index in [0.29, 0.717) is 40.1 Å². The Bertz CT molecular complexity index is 1060. The van der Waals surface area contributed by atoms with Gasteiger partial charge in [0, 0.05) is 12.1 Å². The van der Waals surface area contributed by atoms with Crippen LogP contribution in [-0.2, 0) is 6.54 Å². The number of carbonyl (C=O) groups is 2. The molecule has 1 aromatic heterocycles. The maximum Gasteiger partial charge on any atom is 0.256 e. The van der Waals surface area contributed by atoms with Gasteiger partial charge in [-0.3, -0.25) is 9.59 Å². The zero-order valence-corrected chi connectivity index (χ0v) is 18.8. The molecular formula is C24H26N2O4S. The van der Waals surface area contributed by atoms with Gasteiger partial charge in [-0.15, -0.1) is 11.3 Å². The molecule has 0 saturated heterocycles. The van der Waals surface area contributed by atoms with E-state index in [9.17, 15) is 9.59 Å². The molecule has 0 aliphatic rings. The predicted octanol–water partition coefficient (Wildman–Crippen LogP) is 5.07. The summed E-state index contributed by atoms with van der Waals surface area (Å²) < 4.78 is 10.5.